The third-order valence-corrected chi connectivity index (χ3v) is 6.04. The fourth-order valence-electron chi connectivity index (χ4n) is 3.78. The summed E-state index contributed by atoms with van der Waals surface area (Å²) in [6, 6.07) is 0. The van der Waals surface area contributed by atoms with Crippen LogP contribution in [-0.2, 0) is 0 Å². The SMILES string of the molecule is CCCCCCCCCCCC[N+]1(SC#N)CCCC(C)C1. The predicted octanol–water partition coefficient (Wildman–Crippen LogP) is 6.28. The number of nitriles is 1. The maximum absolute atomic E-state index is 9.13. The van der Waals surface area contributed by atoms with Gasteiger partial charge in [0.2, 0.25) is 0 Å². The van der Waals surface area contributed by atoms with Gasteiger partial charge >= 0.3 is 0 Å². The standard InChI is InChI=1S/C19H37N2S/c1-3-4-5-6-7-8-9-10-11-12-15-21(22-18-20)16-13-14-19(2)17-21/h19H,3-17H2,1-2H3/q+1. The van der Waals surface area contributed by atoms with Crippen molar-refractivity contribution in [1.82, 2.24) is 0 Å². The third kappa shape index (κ3) is 8.44. The molecule has 1 fully saturated rings. The zero-order chi connectivity index (χ0) is 16.1. The number of thiocyanates is 1. The molecule has 0 radical (unpaired) electrons. The summed E-state index contributed by atoms with van der Waals surface area (Å²) in [6.45, 7) is 8.25. The van der Waals surface area contributed by atoms with Crippen molar-refractivity contribution >= 4 is 11.9 Å². The summed E-state index contributed by atoms with van der Waals surface area (Å²) >= 11 is 1.53. The fraction of sp³-hybridized carbons (Fsp3) is 0.947. The van der Waals surface area contributed by atoms with Gasteiger partial charge in [-0.15, -0.1) is 0 Å². The minimum absolute atomic E-state index is 0.790. The highest BCUT2D eigenvalue weighted by Gasteiger charge is 2.34. The Morgan fingerprint density at radius 3 is 2.14 bits per heavy atom. The van der Waals surface area contributed by atoms with E-state index < -0.39 is 0 Å². The van der Waals surface area contributed by atoms with Crippen molar-refractivity contribution in [3.63, 3.8) is 0 Å². The van der Waals surface area contributed by atoms with Crippen LogP contribution in [0.1, 0.15) is 90.9 Å². The van der Waals surface area contributed by atoms with Gasteiger partial charge in [-0.05, 0) is 25.7 Å². The zero-order valence-electron chi connectivity index (χ0n) is 15.0. The van der Waals surface area contributed by atoms with Crippen LogP contribution in [0.4, 0.5) is 0 Å². The second kappa shape index (κ2) is 12.3. The van der Waals surface area contributed by atoms with Gasteiger partial charge < -0.3 is 0 Å². The van der Waals surface area contributed by atoms with Crippen LogP contribution < -0.4 is 0 Å². The highest BCUT2D eigenvalue weighted by molar-refractivity contribution is 7.98. The van der Waals surface area contributed by atoms with Gasteiger partial charge in [0, 0.05) is 5.92 Å². The van der Waals surface area contributed by atoms with Gasteiger partial charge in [0.1, 0.15) is 0 Å². The number of piperidine rings is 1. The Labute approximate surface area is 143 Å². The van der Waals surface area contributed by atoms with Crippen LogP contribution in [0.2, 0.25) is 0 Å². The molecule has 0 saturated carbocycles. The predicted molar refractivity (Wildman–Crippen MR) is 98.3 cm³/mol. The highest BCUT2D eigenvalue weighted by atomic mass is 32.2. The average molecular weight is 326 g/mol. The van der Waals surface area contributed by atoms with Crippen LogP contribution >= 0.6 is 11.9 Å². The van der Waals surface area contributed by atoms with Crippen LogP contribution in [0.25, 0.3) is 0 Å². The van der Waals surface area contributed by atoms with Gasteiger partial charge in [0.25, 0.3) is 0 Å². The number of hydrogen-bond donors (Lipinski definition) is 0. The van der Waals surface area contributed by atoms with E-state index >= 15 is 0 Å². The molecule has 1 heterocycles. The normalized spacial score (nSPS) is 25.0. The van der Waals surface area contributed by atoms with Gasteiger partial charge in [-0.2, -0.15) is 5.26 Å². The van der Waals surface area contributed by atoms with E-state index in [2.05, 4.69) is 19.2 Å². The van der Waals surface area contributed by atoms with Crippen molar-refractivity contribution in [2.75, 3.05) is 19.6 Å². The Balaban J connectivity index is 2.05. The molecule has 0 aromatic carbocycles. The molecule has 1 aliphatic heterocycles. The Morgan fingerprint density at radius 1 is 1.00 bits per heavy atom. The van der Waals surface area contributed by atoms with E-state index in [-0.39, 0.29) is 0 Å². The average Bonchev–Trinajstić information content (AvgIpc) is 2.49. The molecule has 2 nitrogen and oxygen atoms in total. The number of hydrogen-bond acceptors (Lipinski definition) is 2. The molecule has 22 heavy (non-hydrogen) atoms. The topological polar surface area (TPSA) is 23.8 Å². The lowest BCUT2D eigenvalue weighted by molar-refractivity contribution is -0.805. The quantitative estimate of drug-likeness (QED) is 0.182. The first kappa shape index (κ1) is 19.8. The number of likely N-dealkylation sites (tertiary alicyclic amines) is 1. The number of quaternary nitrogens is 1. The number of unbranched alkanes of at least 4 members (excludes halogenated alkanes) is 9. The monoisotopic (exact) mass is 325 g/mol. The molecule has 128 valence electrons. The van der Waals surface area contributed by atoms with E-state index in [4.69, 9.17) is 5.26 Å². The summed E-state index contributed by atoms with van der Waals surface area (Å²) in [5, 5.41) is 11.5. The summed E-state index contributed by atoms with van der Waals surface area (Å²) in [4.78, 5) is 0. The summed E-state index contributed by atoms with van der Waals surface area (Å²) < 4.78 is 1.01. The van der Waals surface area contributed by atoms with E-state index in [1.165, 1.54) is 109 Å². The van der Waals surface area contributed by atoms with Crippen molar-refractivity contribution in [1.29, 1.82) is 5.26 Å². The van der Waals surface area contributed by atoms with Crippen molar-refractivity contribution in [3.8, 4) is 5.40 Å². The molecule has 0 aliphatic carbocycles. The molecule has 2 unspecified atom stereocenters. The first-order chi connectivity index (χ1) is 10.7. The van der Waals surface area contributed by atoms with E-state index in [1.807, 2.05) is 0 Å². The summed E-state index contributed by atoms with van der Waals surface area (Å²) in [7, 11) is 0. The molecule has 0 spiro atoms. The van der Waals surface area contributed by atoms with Gasteiger partial charge in [-0.1, -0.05) is 65.2 Å². The molecule has 0 aromatic rings. The highest BCUT2D eigenvalue weighted by Crippen LogP contribution is 2.32. The molecule has 0 amide bonds. The minimum atomic E-state index is 0.790. The van der Waals surface area contributed by atoms with Crippen LogP contribution in [-0.4, -0.2) is 23.5 Å². The molecule has 0 N–H and O–H groups in total. The molecule has 1 aliphatic rings. The molecule has 0 aromatic heterocycles. The maximum Gasteiger partial charge on any atom is 0.196 e. The van der Waals surface area contributed by atoms with E-state index in [0.717, 1.165) is 9.81 Å². The lowest BCUT2D eigenvalue weighted by Gasteiger charge is -2.39. The summed E-state index contributed by atoms with van der Waals surface area (Å²) in [6.07, 6.45) is 16.6. The zero-order valence-corrected chi connectivity index (χ0v) is 15.8. The van der Waals surface area contributed by atoms with Gasteiger partial charge in [-0.3, -0.25) is 0 Å². The van der Waals surface area contributed by atoms with Crippen LogP contribution in [0.15, 0.2) is 0 Å². The van der Waals surface area contributed by atoms with Crippen molar-refractivity contribution < 1.29 is 3.89 Å². The molecule has 1 rings (SSSR count). The smallest absolute Gasteiger partial charge is 0.196 e. The molecular formula is C19H37N2S+. The van der Waals surface area contributed by atoms with E-state index in [1.54, 1.807) is 0 Å². The number of nitrogens with zero attached hydrogens (tertiary/aromatic N) is 2. The first-order valence-electron chi connectivity index (χ1n) is 9.66. The molecule has 1 saturated heterocycles. The molecular weight excluding hydrogens is 288 g/mol. The van der Waals surface area contributed by atoms with Gasteiger partial charge in [0.05, 0.1) is 19.6 Å². The second-order valence-corrected chi connectivity index (χ2v) is 8.44. The van der Waals surface area contributed by atoms with Crippen molar-refractivity contribution in [3.05, 3.63) is 0 Å². The summed E-state index contributed by atoms with van der Waals surface area (Å²) in [5.74, 6) is 0.790. The van der Waals surface area contributed by atoms with Crippen LogP contribution in [0.3, 0.4) is 0 Å². The number of rotatable bonds is 12. The molecule has 2 atom stereocenters. The molecule has 3 heteroatoms. The minimum Gasteiger partial charge on any atom is -0.248 e. The van der Waals surface area contributed by atoms with Crippen LogP contribution in [0.5, 0.6) is 0 Å². The third-order valence-electron chi connectivity index (χ3n) is 5.06. The Hall–Kier alpha value is -0.200. The Bertz CT molecular complexity index is 313. The Kier molecular flexibility index (Phi) is 11.1. The lowest BCUT2D eigenvalue weighted by Crippen LogP contribution is -2.48. The molecule has 0 bridgehead atoms. The van der Waals surface area contributed by atoms with E-state index in [0.29, 0.717) is 0 Å². The van der Waals surface area contributed by atoms with Crippen molar-refractivity contribution in [2.24, 2.45) is 5.92 Å². The van der Waals surface area contributed by atoms with Crippen molar-refractivity contribution in [2.45, 2.75) is 90.9 Å². The van der Waals surface area contributed by atoms with Gasteiger partial charge in [-0.25, -0.2) is 3.89 Å². The summed E-state index contributed by atoms with van der Waals surface area (Å²) in [5.41, 5.74) is 0. The maximum atomic E-state index is 9.13. The first-order valence-corrected chi connectivity index (χ1v) is 10.4. The fourth-order valence-corrected chi connectivity index (χ4v) is 4.73. The largest absolute Gasteiger partial charge is 0.248 e. The Morgan fingerprint density at radius 2 is 1.59 bits per heavy atom. The second-order valence-electron chi connectivity index (χ2n) is 7.30. The van der Waals surface area contributed by atoms with Gasteiger partial charge in [0.15, 0.2) is 17.3 Å². The lowest BCUT2D eigenvalue weighted by atomic mass is 10.00. The van der Waals surface area contributed by atoms with Crippen LogP contribution in [0, 0.1) is 16.6 Å². The van der Waals surface area contributed by atoms with E-state index in [9.17, 15) is 0 Å².